The van der Waals surface area contributed by atoms with Crippen molar-refractivity contribution in [2.45, 2.75) is 43.0 Å². The SMILES string of the molecule is CCC(CC)(CNS(=O)(=O)c1ccc(CN)cn1)SC. The zero-order chi connectivity index (χ0) is 15.2. The average molecular weight is 317 g/mol. The molecule has 0 radical (unpaired) electrons. The van der Waals surface area contributed by atoms with E-state index in [-0.39, 0.29) is 9.77 Å². The molecule has 1 aromatic heterocycles. The van der Waals surface area contributed by atoms with Crippen molar-refractivity contribution in [2.24, 2.45) is 5.73 Å². The Morgan fingerprint density at radius 1 is 1.35 bits per heavy atom. The molecule has 0 aliphatic carbocycles. The topological polar surface area (TPSA) is 85.1 Å². The number of rotatable bonds is 8. The van der Waals surface area contributed by atoms with Crippen molar-refractivity contribution < 1.29 is 8.42 Å². The molecule has 1 heterocycles. The van der Waals surface area contributed by atoms with Gasteiger partial charge in [-0.1, -0.05) is 19.9 Å². The molecule has 114 valence electrons. The summed E-state index contributed by atoms with van der Waals surface area (Å²) in [5.74, 6) is 0. The third-order valence-corrected chi connectivity index (χ3v) is 6.52. The maximum Gasteiger partial charge on any atom is 0.258 e. The highest BCUT2D eigenvalue weighted by atomic mass is 32.2. The second kappa shape index (κ2) is 7.40. The van der Waals surface area contributed by atoms with Gasteiger partial charge < -0.3 is 5.73 Å². The molecule has 3 N–H and O–H groups in total. The van der Waals surface area contributed by atoms with Crippen molar-refractivity contribution >= 4 is 21.8 Å². The molecule has 0 saturated carbocycles. The molecule has 0 spiro atoms. The predicted molar refractivity (Wildman–Crippen MR) is 84.1 cm³/mol. The molecule has 1 aromatic rings. The van der Waals surface area contributed by atoms with E-state index in [4.69, 9.17) is 5.73 Å². The average Bonchev–Trinajstić information content (AvgIpc) is 2.49. The Kier molecular flexibility index (Phi) is 6.44. The molecule has 0 saturated heterocycles. The molecule has 0 amide bonds. The van der Waals surface area contributed by atoms with Gasteiger partial charge in [0.25, 0.3) is 10.0 Å². The number of sulfonamides is 1. The number of pyridine rings is 1. The van der Waals surface area contributed by atoms with E-state index in [0.29, 0.717) is 13.1 Å². The maximum absolute atomic E-state index is 12.2. The van der Waals surface area contributed by atoms with Crippen molar-refractivity contribution in [1.82, 2.24) is 9.71 Å². The first kappa shape index (κ1) is 17.4. The lowest BCUT2D eigenvalue weighted by Crippen LogP contribution is -2.39. The summed E-state index contributed by atoms with van der Waals surface area (Å²) in [5, 5.41) is 0.0388. The lowest BCUT2D eigenvalue weighted by atomic mass is 10.0. The number of nitrogens with zero attached hydrogens (tertiary/aromatic N) is 1. The van der Waals surface area contributed by atoms with Crippen LogP contribution >= 0.6 is 11.8 Å². The van der Waals surface area contributed by atoms with E-state index >= 15 is 0 Å². The molecule has 1 rings (SSSR count). The van der Waals surface area contributed by atoms with Gasteiger partial charge >= 0.3 is 0 Å². The standard InChI is InChI=1S/C13H23N3O2S2/c1-4-13(5-2,19-3)10-16-20(17,18)12-7-6-11(8-14)9-15-12/h6-7,9,16H,4-5,8,10,14H2,1-3H3. The Morgan fingerprint density at radius 3 is 2.40 bits per heavy atom. The quantitative estimate of drug-likeness (QED) is 0.763. The smallest absolute Gasteiger partial charge is 0.258 e. The monoisotopic (exact) mass is 317 g/mol. The second-order valence-electron chi connectivity index (χ2n) is 4.63. The number of thioether (sulfide) groups is 1. The Bertz CT molecular complexity index is 503. The molecule has 0 bridgehead atoms. The van der Waals surface area contributed by atoms with Gasteiger partial charge in [-0.25, -0.2) is 18.1 Å². The molecule has 20 heavy (non-hydrogen) atoms. The van der Waals surface area contributed by atoms with Gasteiger partial charge in [0.15, 0.2) is 5.03 Å². The van der Waals surface area contributed by atoms with Crippen LogP contribution in [-0.2, 0) is 16.6 Å². The molecule has 0 atom stereocenters. The number of aromatic nitrogens is 1. The largest absolute Gasteiger partial charge is 0.326 e. The minimum Gasteiger partial charge on any atom is -0.326 e. The van der Waals surface area contributed by atoms with Crippen LogP contribution in [-0.4, -0.2) is 30.9 Å². The second-order valence-corrected chi connectivity index (χ2v) is 7.62. The highest BCUT2D eigenvalue weighted by Gasteiger charge is 2.27. The minimum atomic E-state index is -3.56. The minimum absolute atomic E-state index is 0.0388. The predicted octanol–water partition coefficient (Wildman–Crippen LogP) is 1.74. The van der Waals surface area contributed by atoms with E-state index in [9.17, 15) is 8.42 Å². The van der Waals surface area contributed by atoms with Crippen molar-refractivity contribution in [3.05, 3.63) is 23.9 Å². The summed E-state index contributed by atoms with van der Waals surface area (Å²) in [6.45, 7) is 4.90. The van der Waals surface area contributed by atoms with Gasteiger partial charge in [0.2, 0.25) is 0 Å². The first-order valence-electron chi connectivity index (χ1n) is 6.63. The third-order valence-electron chi connectivity index (χ3n) is 3.61. The number of hydrogen-bond acceptors (Lipinski definition) is 5. The Hall–Kier alpha value is -0.630. The normalized spacial score (nSPS) is 12.6. The van der Waals surface area contributed by atoms with E-state index in [0.717, 1.165) is 18.4 Å². The first-order valence-corrected chi connectivity index (χ1v) is 9.33. The Labute approximate surface area is 125 Å². The molecule has 5 nitrogen and oxygen atoms in total. The molecule has 0 unspecified atom stereocenters. The summed E-state index contributed by atoms with van der Waals surface area (Å²) in [4.78, 5) is 3.96. The number of hydrogen-bond donors (Lipinski definition) is 2. The van der Waals surface area contributed by atoms with Gasteiger partial charge in [-0.2, -0.15) is 11.8 Å². The van der Waals surface area contributed by atoms with Crippen LogP contribution < -0.4 is 10.5 Å². The molecule has 0 aliphatic heterocycles. The summed E-state index contributed by atoms with van der Waals surface area (Å²) in [7, 11) is -3.56. The molecule has 0 aromatic carbocycles. The van der Waals surface area contributed by atoms with E-state index in [1.54, 1.807) is 17.8 Å². The van der Waals surface area contributed by atoms with Gasteiger partial charge in [-0.3, -0.25) is 0 Å². The molecular weight excluding hydrogens is 294 g/mol. The lowest BCUT2D eigenvalue weighted by Gasteiger charge is -2.29. The fraction of sp³-hybridized carbons (Fsp3) is 0.615. The van der Waals surface area contributed by atoms with Gasteiger partial charge in [0.1, 0.15) is 0 Å². The van der Waals surface area contributed by atoms with Gasteiger partial charge in [-0.15, -0.1) is 0 Å². The number of nitrogens with two attached hydrogens (primary N) is 1. The van der Waals surface area contributed by atoms with Crippen LogP contribution in [0.5, 0.6) is 0 Å². The highest BCUT2D eigenvalue weighted by molar-refractivity contribution is 8.00. The summed E-state index contributed by atoms with van der Waals surface area (Å²) in [5.41, 5.74) is 6.28. The van der Waals surface area contributed by atoms with Gasteiger partial charge in [0, 0.05) is 24.0 Å². The van der Waals surface area contributed by atoms with Crippen LogP contribution in [0.15, 0.2) is 23.4 Å². The Morgan fingerprint density at radius 2 is 2.00 bits per heavy atom. The van der Waals surface area contributed by atoms with Crippen molar-refractivity contribution in [1.29, 1.82) is 0 Å². The summed E-state index contributed by atoms with van der Waals surface area (Å²) in [6, 6.07) is 3.17. The molecule has 7 heteroatoms. The van der Waals surface area contributed by atoms with E-state index < -0.39 is 10.0 Å². The zero-order valence-electron chi connectivity index (χ0n) is 12.2. The van der Waals surface area contributed by atoms with Gasteiger partial charge in [-0.05, 0) is 30.7 Å². The molecule has 0 fully saturated rings. The van der Waals surface area contributed by atoms with Gasteiger partial charge in [0.05, 0.1) is 0 Å². The summed E-state index contributed by atoms with van der Waals surface area (Å²) in [6.07, 6.45) is 5.32. The maximum atomic E-state index is 12.2. The fourth-order valence-corrected chi connectivity index (χ4v) is 3.79. The van der Waals surface area contributed by atoms with Crippen molar-refractivity contribution in [3.63, 3.8) is 0 Å². The first-order chi connectivity index (χ1) is 9.43. The van der Waals surface area contributed by atoms with Crippen LogP contribution in [0.25, 0.3) is 0 Å². The summed E-state index contributed by atoms with van der Waals surface area (Å²) < 4.78 is 27.0. The van der Waals surface area contributed by atoms with Crippen LogP contribution in [0.1, 0.15) is 32.3 Å². The number of nitrogens with one attached hydrogen (secondary N) is 1. The van der Waals surface area contributed by atoms with E-state index in [1.807, 2.05) is 6.26 Å². The van der Waals surface area contributed by atoms with Crippen LogP contribution in [0.2, 0.25) is 0 Å². The highest BCUT2D eigenvalue weighted by Crippen LogP contribution is 2.29. The van der Waals surface area contributed by atoms with Crippen LogP contribution in [0.4, 0.5) is 0 Å². The van der Waals surface area contributed by atoms with Crippen molar-refractivity contribution in [2.75, 3.05) is 12.8 Å². The van der Waals surface area contributed by atoms with Crippen molar-refractivity contribution in [3.8, 4) is 0 Å². The third kappa shape index (κ3) is 4.18. The van der Waals surface area contributed by atoms with Crippen LogP contribution in [0, 0.1) is 0 Å². The lowest BCUT2D eigenvalue weighted by molar-refractivity contribution is 0.520. The van der Waals surface area contributed by atoms with E-state index in [1.165, 1.54) is 12.3 Å². The zero-order valence-corrected chi connectivity index (χ0v) is 13.9. The fourth-order valence-electron chi connectivity index (χ4n) is 1.85. The van der Waals surface area contributed by atoms with E-state index in [2.05, 4.69) is 23.6 Å². The summed E-state index contributed by atoms with van der Waals surface area (Å²) >= 11 is 1.70. The molecular formula is C13H23N3O2S2. The van der Waals surface area contributed by atoms with Crippen LogP contribution in [0.3, 0.4) is 0 Å². The Balaban J connectivity index is 2.84. The molecule has 0 aliphatic rings.